The second-order valence-electron chi connectivity index (χ2n) is 5.48. The van der Waals surface area contributed by atoms with Crippen LogP contribution in [0.4, 0.5) is 0 Å². The van der Waals surface area contributed by atoms with Crippen LogP contribution < -0.4 is 5.32 Å². The maximum Gasteiger partial charge on any atom is 0.0702 e. The molecule has 100 valence electrons. The van der Waals surface area contributed by atoms with Gasteiger partial charge >= 0.3 is 0 Å². The minimum absolute atomic E-state index is 0.486. The molecule has 0 saturated carbocycles. The van der Waals surface area contributed by atoms with Gasteiger partial charge in [-0.25, -0.2) is 0 Å². The SMILES string of the molecule is CCOC1CCCN(CC2CCCCCN2)C1. The lowest BCUT2D eigenvalue weighted by molar-refractivity contribution is 0.00347. The van der Waals surface area contributed by atoms with Gasteiger partial charge in [0.2, 0.25) is 0 Å². The summed E-state index contributed by atoms with van der Waals surface area (Å²) in [4.78, 5) is 2.60. The van der Waals surface area contributed by atoms with Crippen molar-refractivity contribution in [2.45, 2.75) is 57.6 Å². The zero-order valence-electron chi connectivity index (χ0n) is 11.3. The first-order chi connectivity index (χ1) is 8.38. The Balaban J connectivity index is 1.73. The third-order valence-electron chi connectivity index (χ3n) is 4.01. The third-order valence-corrected chi connectivity index (χ3v) is 4.01. The number of piperidine rings is 1. The molecule has 0 aromatic heterocycles. The van der Waals surface area contributed by atoms with E-state index in [-0.39, 0.29) is 0 Å². The fraction of sp³-hybridized carbons (Fsp3) is 1.00. The van der Waals surface area contributed by atoms with Gasteiger partial charge in [0.1, 0.15) is 0 Å². The molecule has 2 aliphatic heterocycles. The predicted molar refractivity (Wildman–Crippen MR) is 71.3 cm³/mol. The van der Waals surface area contributed by atoms with E-state index in [1.165, 1.54) is 58.2 Å². The minimum atomic E-state index is 0.486. The fourth-order valence-electron chi connectivity index (χ4n) is 3.12. The van der Waals surface area contributed by atoms with Crippen LogP contribution in [0.25, 0.3) is 0 Å². The highest BCUT2D eigenvalue weighted by Crippen LogP contribution is 2.15. The zero-order chi connectivity index (χ0) is 11.9. The quantitative estimate of drug-likeness (QED) is 0.813. The van der Waals surface area contributed by atoms with Crippen molar-refractivity contribution in [2.24, 2.45) is 0 Å². The Kier molecular flexibility index (Phi) is 5.75. The predicted octanol–water partition coefficient (Wildman–Crippen LogP) is 2.02. The zero-order valence-corrected chi connectivity index (χ0v) is 11.3. The van der Waals surface area contributed by atoms with Crippen LogP contribution in [0, 0.1) is 0 Å². The van der Waals surface area contributed by atoms with E-state index in [0.717, 1.165) is 19.2 Å². The standard InChI is InChI=1S/C14H28N2O/c1-2-17-14-8-6-10-16(12-14)11-13-7-4-3-5-9-15-13/h13-15H,2-12H2,1H3. The lowest BCUT2D eigenvalue weighted by Crippen LogP contribution is -2.46. The number of likely N-dealkylation sites (tertiary alicyclic amines) is 1. The van der Waals surface area contributed by atoms with Gasteiger partial charge in [0, 0.05) is 25.7 Å². The van der Waals surface area contributed by atoms with E-state index in [9.17, 15) is 0 Å². The van der Waals surface area contributed by atoms with E-state index in [4.69, 9.17) is 4.74 Å². The van der Waals surface area contributed by atoms with Crippen LogP contribution in [-0.4, -0.2) is 49.8 Å². The van der Waals surface area contributed by atoms with Gasteiger partial charge in [0.05, 0.1) is 6.10 Å². The minimum Gasteiger partial charge on any atom is -0.377 e. The molecule has 3 heteroatoms. The summed E-state index contributed by atoms with van der Waals surface area (Å²) < 4.78 is 5.76. The smallest absolute Gasteiger partial charge is 0.0702 e. The van der Waals surface area contributed by atoms with Crippen LogP contribution in [0.15, 0.2) is 0 Å². The van der Waals surface area contributed by atoms with Gasteiger partial charge in [-0.1, -0.05) is 12.8 Å². The molecule has 0 aromatic rings. The van der Waals surface area contributed by atoms with Gasteiger partial charge < -0.3 is 10.1 Å². The van der Waals surface area contributed by atoms with Gasteiger partial charge in [0.25, 0.3) is 0 Å². The van der Waals surface area contributed by atoms with Crippen molar-refractivity contribution in [3.8, 4) is 0 Å². The average Bonchev–Trinajstić information content (AvgIpc) is 2.59. The molecule has 0 spiro atoms. The second-order valence-corrected chi connectivity index (χ2v) is 5.48. The summed E-state index contributed by atoms with van der Waals surface area (Å²) in [5.41, 5.74) is 0. The molecule has 2 saturated heterocycles. The number of nitrogens with zero attached hydrogens (tertiary/aromatic N) is 1. The van der Waals surface area contributed by atoms with Crippen LogP contribution in [0.1, 0.15) is 45.4 Å². The van der Waals surface area contributed by atoms with E-state index in [1.54, 1.807) is 0 Å². The first-order valence-corrected chi connectivity index (χ1v) is 7.46. The van der Waals surface area contributed by atoms with Crippen molar-refractivity contribution < 1.29 is 4.74 Å². The topological polar surface area (TPSA) is 24.5 Å². The third kappa shape index (κ3) is 4.57. The van der Waals surface area contributed by atoms with Gasteiger partial charge in [-0.05, 0) is 45.7 Å². The first kappa shape index (κ1) is 13.3. The number of nitrogens with one attached hydrogen (secondary N) is 1. The number of hydrogen-bond acceptors (Lipinski definition) is 3. The van der Waals surface area contributed by atoms with Gasteiger partial charge in [-0.15, -0.1) is 0 Å². The highest BCUT2D eigenvalue weighted by atomic mass is 16.5. The molecule has 2 rings (SSSR count). The van der Waals surface area contributed by atoms with Crippen molar-refractivity contribution in [1.29, 1.82) is 0 Å². The summed E-state index contributed by atoms with van der Waals surface area (Å²) >= 11 is 0. The molecule has 0 bridgehead atoms. The summed E-state index contributed by atoms with van der Waals surface area (Å²) in [6.07, 6.45) is 8.57. The Morgan fingerprint density at radius 2 is 2.12 bits per heavy atom. The summed E-state index contributed by atoms with van der Waals surface area (Å²) in [5.74, 6) is 0. The van der Waals surface area contributed by atoms with E-state index in [1.807, 2.05) is 0 Å². The lowest BCUT2D eigenvalue weighted by Gasteiger charge is -2.34. The molecule has 17 heavy (non-hydrogen) atoms. The van der Waals surface area contributed by atoms with E-state index in [0.29, 0.717) is 6.10 Å². The van der Waals surface area contributed by atoms with Crippen molar-refractivity contribution in [2.75, 3.05) is 32.8 Å². The molecule has 2 fully saturated rings. The van der Waals surface area contributed by atoms with Crippen LogP contribution in [0.2, 0.25) is 0 Å². The molecule has 0 amide bonds. The maximum atomic E-state index is 5.76. The van der Waals surface area contributed by atoms with Gasteiger partial charge in [-0.3, -0.25) is 4.90 Å². The largest absolute Gasteiger partial charge is 0.377 e. The fourth-order valence-corrected chi connectivity index (χ4v) is 3.12. The molecule has 0 aliphatic carbocycles. The van der Waals surface area contributed by atoms with Crippen molar-refractivity contribution >= 4 is 0 Å². The monoisotopic (exact) mass is 240 g/mol. The van der Waals surface area contributed by atoms with E-state index in [2.05, 4.69) is 17.1 Å². The number of hydrogen-bond donors (Lipinski definition) is 1. The maximum absolute atomic E-state index is 5.76. The summed E-state index contributed by atoms with van der Waals surface area (Å²) in [6, 6.07) is 0.720. The van der Waals surface area contributed by atoms with E-state index >= 15 is 0 Å². The molecule has 2 unspecified atom stereocenters. The summed E-state index contributed by atoms with van der Waals surface area (Å²) in [6.45, 7) is 7.82. The molecule has 1 N–H and O–H groups in total. The molecule has 3 nitrogen and oxygen atoms in total. The van der Waals surface area contributed by atoms with Crippen LogP contribution >= 0.6 is 0 Å². The Bertz CT molecular complexity index is 200. The van der Waals surface area contributed by atoms with Gasteiger partial charge in [-0.2, -0.15) is 0 Å². The molecular formula is C14H28N2O. The molecule has 2 atom stereocenters. The van der Waals surface area contributed by atoms with E-state index < -0.39 is 0 Å². The Morgan fingerprint density at radius 1 is 1.18 bits per heavy atom. The Hall–Kier alpha value is -0.120. The van der Waals surface area contributed by atoms with Crippen LogP contribution in [0.5, 0.6) is 0 Å². The van der Waals surface area contributed by atoms with Crippen LogP contribution in [-0.2, 0) is 4.74 Å². The average molecular weight is 240 g/mol. The number of ether oxygens (including phenoxy) is 1. The highest BCUT2D eigenvalue weighted by molar-refractivity contribution is 4.79. The molecular weight excluding hydrogens is 212 g/mol. The molecule has 2 aliphatic rings. The number of rotatable bonds is 4. The van der Waals surface area contributed by atoms with Gasteiger partial charge in [0.15, 0.2) is 0 Å². The second kappa shape index (κ2) is 7.34. The Morgan fingerprint density at radius 3 is 3.00 bits per heavy atom. The van der Waals surface area contributed by atoms with Crippen molar-refractivity contribution in [1.82, 2.24) is 10.2 Å². The van der Waals surface area contributed by atoms with Crippen molar-refractivity contribution in [3.63, 3.8) is 0 Å². The Labute approximate surface area is 106 Å². The normalized spacial score (nSPS) is 32.3. The van der Waals surface area contributed by atoms with Crippen LogP contribution in [0.3, 0.4) is 0 Å². The highest BCUT2D eigenvalue weighted by Gasteiger charge is 2.22. The molecule has 2 heterocycles. The molecule has 0 radical (unpaired) electrons. The summed E-state index contributed by atoms with van der Waals surface area (Å²) in [7, 11) is 0. The molecule has 0 aromatic carbocycles. The summed E-state index contributed by atoms with van der Waals surface area (Å²) in [5, 5.41) is 3.69. The van der Waals surface area contributed by atoms with Crippen molar-refractivity contribution in [3.05, 3.63) is 0 Å². The first-order valence-electron chi connectivity index (χ1n) is 7.46. The lowest BCUT2D eigenvalue weighted by atomic mass is 10.1.